The van der Waals surface area contributed by atoms with Gasteiger partial charge in [-0.2, -0.15) is 4.98 Å². The van der Waals surface area contributed by atoms with E-state index in [4.69, 9.17) is 14.5 Å². The summed E-state index contributed by atoms with van der Waals surface area (Å²) >= 11 is 2.96. The molecule has 0 unspecified atom stereocenters. The second kappa shape index (κ2) is 10.4. The van der Waals surface area contributed by atoms with Crippen LogP contribution in [0.1, 0.15) is 39.2 Å². The maximum Gasteiger partial charge on any atom is 0.267 e. The first-order valence-corrected chi connectivity index (χ1v) is 14.0. The van der Waals surface area contributed by atoms with E-state index in [1.165, 1.54) is 11.8 Å². The zero-order chi connectivity index (χ0) is 26.1. The second-order valence-corrected chi connectivity index (χ2v) is 11.1. The molecule has 6 aromatic rings. The van der Waals surface area contributed by atoms with Crippen LogP contribution in [0.4, 0.5) is 0 Å². The largest absolute Gasteiger partial charge is 0.338 e. The third kappa shape index (κ3) is 4.57. The summed E-state index contributed by atoms with van der Waals surface area (Å²) in [5.41, 5.74) is 3.87. The summed E-state index contributed by atoms with van der Waals surface area (Å²) in [5, 5.41) is 5.63. The lowest BCUT2D eigenvalue weighted by Crippen LogP contribution is -2.21. The van der Waals surface area contributed by atoms with Gasteiger partial charge in [0.15, 0.2) is 11.0 Å². The number of hydrogen-bond acceptors (Lipinski definition) is 7. The molecule has 6 nitrogen and oxygen atoms in total. The Morgan fingerprint density at radius 1 is 0.868 bits per heavy atom. The van der Waals surface area contributed by atoms with Gasteiger partial charge in [-0.05, 0) is 42.7 Å². The molecule has 3 aromatic carbocycles. The van der Waals surface area contributed by atoms with Crippen molar-refractivity contribution in [3.05, 3.63) is 135 Å². The van der Waals surface area contributed by atoms with E-state index in [-0.39, 0.29) is 11.5 Å². The maximum atomic E-state index is 13.7. The Kier molecular flexibility index (Phi) is 6.66. The van der Waals surface area contributed by atoms with Gasteiger partial charge in [0.2, 0.25) is 5.89 Å². The fourth-order valence-corrected chi connectivity index (χ4v) is 6.45. The van der Waals surface area contributed by atoms with Gasteiger partial charge in [-0.15, -0.1) is 11.3 Å². The van der Waals surface area contributed by atoms with Crippen molar-refractivity contribution >= 4 is 33.3 Å². The molecule has 0 aliphatic rings. The van der Waals surface area contributed by atoms with Gasteiger partial charge in [0, 0.05) is 4.88 Å². The summed E-state index contributed by atoms with van der Waals surface area (Å²) in [7, 11) is 0. The molecule has 0 N–H and O–H groups in total. The summed E-state index contributed by atoms with van der Waals surface area (Å²) in [6.45, 7) is 4.01. The number of para-hydroxylation sites is 1. The van der Waals surface area contributed by atoms with Crippen LogP contribution in [0, 0.1) is 13.8 Å². The molecule has 0 saturated carbocycles. The molecule has 0 spiro atoms. The first-order valence-electron chi connectivity index (χ1n) is 12.2. The molecule has 0 bridgehead atoms. The molecular weight excluding hydrogens is 512 g/mol. The van der Waals surface area contributed by atoms with Gasteiger partial charge < -0.3 is 4.52 Å². The average molecular weight is 537 g/mol. The van der Waals surface area contributed by atoms with Gasteiger partial charge in [0.05, 0.1) is 22.7 Å². The van der Waals surface area contributed by atoms with E-state index >= 15 is 0 Å². The van der Waals surface area contributed by atoms with Crippen LogP contribution in [0.2, 0.25) is 0 Å². The minimum absolute atomic E-state index is 0.0648. The Labute approximate surface area is 228 Å². The fraction of sp³-hybridized carbons (Fsp3) is 0.133. The van der Waals surface area contributed by atoms with Gasteiger partial charge >= 0.3 is 0 Å². The molecule has 0 saturated heterocycles. The van der Waals surface area contributed by atoms with Crippen LogP contribution in [0.15, 0.2) is 105 Å². The first-order chi connectivity index (χ1) is 18.6. The van der Waals surface area contributed by atoms with E-state index in [2.05, 4.69) is 29.4 Å². The van der Waals surface area contributed by atoms with E-state index in [0.29, 0.717) is 28.0 Å². The minimum atomic E-state index is -0.144. The van der Waals surface area contributed by atoms with Crippen LogP contribution in [0.3, 0.4) is 0 Å². The highest BCUT2D eigenvalue weighted by atomic mass is 32.2. The number of aryl methyl sites for hydroxylation is 2. The number of thioether (sulfide) groups is 1. The lowest BCUT2D eigenvalue weighted by Gasteiger charge is -2.14. The van der Waals surface area contributed by atoms with E-state index in [9.17, 15) is 4.79 Å². The number of rotatable bonds is 7. The quantitative estimate of drug-likeness (QED) is 0.163. The van der Waals surface area contributed by atoms with Crippen molar-refractivity contribution in [2.24, 2.45) is 0 Å². The Hall–Kier alpha value is -4.01. The molecule has 0 aliphatic heterocycles. The lowest BCUT2D eigenvalue weighted by atomic mass is 9.91. The Morgan fingerprint density at radius 3 is 2.11 bits per heavy atom. The average Bonchev–Trinajstić information content (AvgIpc) is 3.53. The van der Waals surface area contributed by atoms with Crippen LogP contribution >= 0.6 is 23.1 Å². The van der Waals surface area contributed by atoms with E-state index in [1.54, 1.807) is 15.9 Å². The van der Waals surface area contributed by atoms with Crippen molar-refractivity contribution < 1.29 is 4.52 Å². The molecule has 0 atom stereocenters. The number of hydrogen-bond donors (Lipinski definition) is 0. The SMILES string of the molecule is Cc1sc2nc(SCc3nc(C(c4ccccc4)c4ccccc4)no3)n(-c3ccccc3)c(=O)c2c1C. The standard InChI is InChI=1S/C30H24N4O2S2/c1-19-20(2)38-28-25(19)29(35)34(23-16-10-5-11-17-23)30(32-28)37-18-24-31-27(33-36-24)26(21-12-6-3-7-13-21)22-14-8-4-9-15-22/h3-17,26H,18H2,1-2H3. The van der Waals surface area contributed by atoms with Crippen LogP contribution < -0.4 is 5.56 Å². The smallest absolute Gasteiger partial charge is 0.267 e. The summed E-state index contributed by atoms with van der Waals surface area (Å²) < 4.78 is 7.38. The van der Waals surface area contributed by atoms with Crippen molar-refractivity contribution in [3.8, 4) is 5.69 Å². The first kappa shape index (κ1) is 24.3. The normalized spacial score (nSPS) is 11.4. The molecule has 8 heteroatoms. The third-order valence-corrected chi connectivity index (χ3v) is 8.54. The lowest BCUT2D eigenvalue weighted by molar-refractivity contribution is 0.384. The molecule has 38 heavy (non-hydrogen) atoms. The van der Waals surface area contributed by atoms with Crippen LogP contribution in [0.5, 0.6) is 0 Å². The summed E-state index contributed by atoms with van der Waals surface area (Å²) in [4.78, 5) is 25.2. The van der Waals surface area contributed by atoms with Gasteiger partial charge in [-0.25, -0.2) is 4.98 Å². The van der Waals surface area contributed by atoms with Crippen molar-refractivity contribution in [2.75, 3.05) is 0 Å². The van der Waals surface area contributed by atoms with Crippen LogP contribution in [-0.4, -0.2) is 19.7 Å². The number of thiophene rings is 1. The van der Waals surface area contributed by atoms with Gasteiger partial charge in [0.25, 0.3) is 5.56 Å². The Morgan fingerprint density at radius 2 is 1.47 bits per heavy atom. The number of aromatic nitrogens is 4. The highest BCUT2D eigenvalue weighted by molar-refractivity contribution is 7.98. The molecule has 3 aromatic heterocycles. The van der Waals surface area contributed by atoms with Crippen molar-refractivity contribution in [2.45, 2.75) is 30.7 Å². The molecule has 0 radical (unpaired) electrons. The van der Waals surface area contributed by atoms with Crippen molar-refractivity contribution in [1.29, 1.82) is 0 Å². The molecular formula is C30H24N4O2S2. The maximum absolute atomic E-state index is 13.7. The van der Waals surface area contributed by atoms with Gasteiger partial charge in [-0.3, -0.25) is 9.36 Å². The monoisotopic (exact) mass is 536 g/mol. The molecule has 0 aliphatic carbocycles. The zero-order valence-corrected chi connectivity index (χ0v) is 22.5. The third-order valence-electron chi connectivity index (χ3n) is 6.52. The summed E-state index contributed by atoms with van der Waals surface area (Å²) in [5.74, 6) is 1.33. The van der Waals surface area contributed by atoms with Gasteiger partial charge in [-0.1, -0.05) is 95.8 Å². The van der Waals surface area contributed by atoms with Gasteiger partial charge in [0.1, 0.15) is 4.83 Å². The molecule has 3 heterocycles. The molecule has 0 fully saturated rings. The topological polar surface area (TPSA) is 73.8 Å². The number of fused-ring (bicyclic) bond motifs is 1. The number of benzene rings is 3. The summed E-state index contributed by atoms with van der Waals surface area (Å²) in [6.07, 6.45) is 0. The highest BCUT2D eigenvalue weighted by Gasteiger charge is 2.23. The van der Waals surface area contributed by atoms with E-state index in [0.717, 1.165) is 32.1 Å². The predicted octanol–water partition coefficient (Wildman–Crippen LogP) is 6.92. The van der Waals surface area contributed by atoms with Crippen molar-refractivity contribution in [3.63, 3.8) is 0 Å². The number of nitrogens with zero attached hydrogens (tertiary/aromatic N) is 4. The Balaban J connectivity index is 1.36. The molecule has 6 rings (SSSR count). The Bertz CT molecular complexity index is 1720. The molecule has 188 valence electrons. The minimum Gasteiger partial charge on any atom is -0.338 e. The fourth-order valence-electron chi connectivity index (χ4n) is 4.53. The van der Waals surface area contributed by atoms with Crippen molar-refractivity contribution in [1.82, 2.24) is 19.7 Å². The van der Waals surface area contributed by atoms with E-state index in [1.807, 2.05) is 80.6 Å². The van der Waals surface area contributed by atoms with Crippen LogP contribution in [0.25, 0.3) is 15.9 Å². The van der Waals surface area contributed by atoms with E-state index < -0.39 is 0 Å². The highest BCUT2D eigenvalue weighted by Crippen LogP contribution is 2.32. The predicted molar refractivity (Wildman–Crippen MR) is 152 cm³/mol. The zero-order valence-electron chi connectivity index (χ0n) is 20.9. The second-order valence-electron chi connectivity index (χ2n) is 8.92. The molecule has 0 amide bonds. The van der Waals surface area contributed by atoms with Crippen LogP contribution in [-0.2, 0) is 5.75 Å². The summed E-state index contributed by atoms with van der Waals surface area (Å²) in [6, 6.07) is 30.0.